The number of nitrogens with zero attached hydrogens (tertiary/aromatic N) is 2. The number of aliphatic hydroxyl groups excluding tert-OH is 1. The molecule has 0 aliphatic heterocycles. The topological polar surface area (TPSA) is 38.0 Å². The maximum atomic E-state index is 9.91. The van der Waals surface area contributed by atoms with Gasteiger partial charge in [-0.1, -0.05) is 6.07 Å². The summed E-state index contributed by atoms with van der Waals surface area (Å²) in [5.41, 5.74) is 1.11. The normalized spacial score (nSPS) is 12.8. The molecular weight excluding hydrogens is 232 g/mol. The van der Waals surface area contributed by atoms with Gasteiger partial charge < -0.3 is 5.11 Å². The summed E-state index contributed by atoms with van der Waals surface area (Å²) in [7, 11) is 1.90. The van der Waals surface area contributed by atoms with Gasteiger partial charge in [-0.3, -0.25) is 4.68 Å². The highest BCUT2D eigenvalue weighted by atomic mass is 32.1. The van der Waals surface area contributed by atoms with Crippen molar-refractivity contribution in [3.8, 4) is 0 Å². The molecular formula is C13H18N2OS. The van der Waals surface area contributed by atoms with Gasteiger partial charge in [0.25, 0.3) is 0 Å². The van der Waals surface area contributed by atoms with Gasteiger partial charge >= 0.3 is 0 Å². The van der Waals surface area contributed by atoms with Crippen molar-refractivity contribution in [1.29, 1.82) is 0 Å². The van der Waals surface area contributed by atoms with Crippen LogP contribution in [0.1, 0.15) is 23.3 Å². The third-order valence-electron chi connectivity index (χ3n) is 2.77. The van der Waals surface area contributed by atoms with Crippen LogP contribution in [0.2, 0.25) is 0 Å². The lowest BCUT2D eigenvalue weighted by molar-refractivity contribution is 0.162. The van der Waals surface area contributed by atoms with Gasteiger partial charge in [-0.05, 0) is 36.3 Å². The van der Waals surface area contributed by atoms with E-state index in [0.29, 0.717) is 6.42 Å². The molecule has 2 heterocycles. The number of aryl methyl sites for hydroxylation is 2. The average molecular weight is 250 g/mol. The summed E-state index contributed by atoms with van der Waals surface area (Å²) in [5, 5.41) is 16.1. The van der Waals surface area contributed by atoms with Crippen molar-refractivity contribution in [1.82, 2.24) is 9.78 Å². The zero-order valence-electron chi connectivity index (χ0n) is 10.0. The molecule has 0 fully saturated rings. The summed E-state index contributed by atoms with van der Waals surface area (Å²) in [6.07, 6.45) is 7.21. The molecule has 1 N–H and O–H groups in total. The molecule has 3 nitrogen and oxygen atoms in total. The molecule has 2 rings (SSSR count). The Morgan fingerprint density at radius 1 is 1.53 bits per heavy atom. The second-order valence-electron chi connectivity index (χ2n) is 4.35. The molecule has 0 spiro atoms. The summed E-state index contributed by atoms with van der Waals surface area (Å²) < 4.78 is 1.77. The largest absolute Gasteiger partial charge is 0.393 e. The van der Waals surface area contributed by atoms with Gasteiger partial charge in [0.1, 0.15) is 0 Å². The number of aromatic nitrogens is 2. The minimum absolute atomic E-state index is 0.251. The first kappa shape index (κ1) is 12.3. The standard InChI is InChI=1S/C13H18N2OS/c1-15-10-11(9-14-15)8-12(16)4-2-5-13-6-3-7-17-13/h3,6-7,9-10,12,16H,2,4-5,8H2,1H3. The first-order chi connectivity index (χ1) is 8.24. The minimum atomic E-state index is -0.251. The SMILES string of the molecule is Cn1cc(CC(O)CCCc2cccs2)cn1. The molecule has 2 aromatic rings. The fraction of sp³-hybridized carbons (Fsp3) is 0.462. The first-order valence-electron chi connectivity index (χ1n) is 5.92. The van der Waals surface area contributed by atoms with E-state index in [1.165, 1.54) is 4.88 Å². The van der Waals surface area contributed by atoms with E-state index in [-0.39, 0.29) is 6.10 Å². The van der Waals surface area contributed by atoms with Crippen LogP contribution >= 0.6 is 11.3 Å². The van der Waals surface area contributed by atoms with Gasteiger partial charge in [0.15, 0.2) is 0 Å². The Kier molecular flexibility index (Phi) is 4.34. The Bertz CT molecular complexity index is 436. The Balaban J connectivity index is 1.69. The summed E-state index contributed by atoms with van der Waals surface area (Å²) in [4.78, 5) is 1.40. The summed E-state index contributed by atoms with van der Waals surface area (Å²) in [6.45, 7) is 0. The van der Waals surface area contributed by atoms with Crippen molar-refractivity contribution in [2.75, 3.05) is 0 Å². The van der Waals surface area contributed by atoms with Crippen LogP contribution in [-0.2, 0) is 19.9 Å². The summed E-state index contributed by atoms with van der Waals surface area (Å²) in [5.74, 6) is 0. The van der Waals surface area contributed by atoms with E-state index in [1.807, 2.05) is 19.4 Å². The van der Waals surface area contributed by atoms with E-state index in [4.69, 9.17) is 0 Å². The van der Waals surface area contributed by atoms with E-state index >= 15 is 0 Å². The fourth-order valence-corrected chi connectivity index (χ4v) is 2.67. The van der Waals surface area contributed by atoms with Crippen molar-refractivity contribution < 1.29 is 5.11 Å². The van der Waals surface area contributed by atoms with Crippen LogP contribution in [0.5, 0.6) is 0 Å². The quantitative estimate of drug-likeness (QED) is 0.855. The van der Waals surface area contributed by atoms with Gasteiger partial charge in [-0.2, -0.15) is 5.10 Å². The van der Waals surface area contributed by atoms with Crippen LogP contribution in [-0.4, -0.2) is 21.0 Å². The molecule has 0 radical (unpaired) electrons. The smallest absolute Gasteiger partial charge is 0.0581 e. The van der Waals surface area contributed by atoms with Crippen molar-refractivity contribution in [3.63, 3.8) is 0 Å². The predicted molar refractivity (Wildman–Crippen MR) is 70.2 cm³/mol. The molecule has 0 aliphatic rings. The third-order valence-corrected chi connectivity index (χ3v) is 3.71. The Hall–Kier alpha value is -1.13. The van der Waals surface area contributed by atoms with Gasteiger partial charge in [-0.25, -0.2) is 0 Å². The number of thiophene rings is 1. The molecule has 0 aromatic carbocycles. The number of rotatable bonds is 6. The van der Waals surface area contributed by atoms with Gasteiger partial charge in [0.05, 0.1) is 12.3 Å². The third kappa shape index (κ3) is 3.98. The number of hydrogen-bond acceptors (Lipinski definition) is 3. The van der Waals surface area contributed by atoms with E-state index in [0.717, 1.165) is 24.8 Å². The lowest BCUT2D eigenvalue weighted by Gasteiger charge is -2.08. The molecule has 17 heavy (non-hydrogen) atoms. The van der Waals surface area contributed by atoms with Gasteiger partial charge in [-0.15, -0.1) is 11.3 Å². The average Bonchev–Trinajstić information content (AvgIpc) is 2.90. The van der Waals surface area contributed by atoms with E-state index in [2.05, 4.69) is 22.6 Å². The second kappa shape index (κ2) is 5.98. The molecule has 0 aliphatic carbocycles. The molecule has 4 heteroatoms. The Labute approximate surface area is 106 Å². The predicted octanol–water partition coefficient (Wildman–Crippen LogP) is 2.41. The zero-order chi connectivity index (χ0) is 12.1. The van der Waals surface area contributed by atoms with E-state index in [9.17, 15) is 5.11 Å². The van der Waals surface area contributed by atoms with Crippen LogP contribution < -0.4 is 0 Å². The Morgan fingerprint density at radius 3 is 3.06 bits per heavy atom. The second-order valence-corrected chi connectivity index (χ2v) is 5.38. The monoisotopic (exact) mass is 250 g/mol. The molecule has 1 unspecified atom stereocenters. The molecule has 0 amide bonds. The fourth-order valence-electron chi connectivity index (χ4n) is 1.92. The van der Waals surface area contributed by atoms with Gasteiger partial charge in [0.2, 0.25) is 0 Å². The summed E-state index contributed by atoms with van der Waals surface area (Å²) >= 11 is 1.79. The van der Waals surface area contributed by atoms with Crippen molar-refractivity contribution in [3.05, 3.63) is 40.3 Å². The maximum absolute atomic E-state index is 9.91. The highest BCUT2D eigenvalue weighted by Crippen LogP contribution is 2.14. The molecule has 0 saturated heterocycles. The number of hydrogen-bond donors (Lipinski definition) is 1. The highest BCUT2D eigenvalue weighted by Gasteiger charge is 2.07. The minimum Gasteiger partial charge on any atom is -0.393 e. The lowest BCUT2D eigenvalue weighted by Crippen LogP contribution is -2.10. The van der Waals surface area contributed by atoms with Crippen LogP contribution in [0.25, 0.3) is 0 Å². The molecule has 1 atom stereocenters. The van der Waals surface area contributed by atoms with Crippen LogP contribution in [0.15, 0.2) is 29.9 Å². The maximum Gasteiger partial charge on any atom is 0.0581 e. The molecule has 92 valence electrons. The van der Waals surface area contributed by atoms with Crippen molar-refractivity contribution >= 4 is 11.3 Å². The van der Waals surface area contributed by atoms with E-state index in [1.54, 1.807) is 16.0 Å². The zero-order valence-corrected chi connectivity index (χ0v) is 10.9. The number of aliphatic hydroxyl groups is 1. The van der Waals surface area contributed by atoms with Gasteiger partial charge in [0, 0.05) is 24.5 Å². The van der Waals surface area contributed by atoms with Crippen LogP contribution in [0, 0.1) is 0 Å². The van der Waals surface area contributed by atoms with Crippen LogP contribution in [0.3, 0.4) is 0 Å². The summed E-state index contributed by atoms with van der Waals surface area (Å²) in [6, 6.07) is 4.23. The Morgan fingerprint density at radius 2 is 2.41 bits per heavy atom. The van der Waals surface area contributed by atoms with Crippen molar-refractivity contribution in [2.24, 2.45) is 7.05 Å². The first-order valence-corrected chi connectivity index (χ1v) is 6.80. The molecule has 0 saturated carbocycles. The lowest BCUT2D eigenvalue weighted by atomic mass is 10.1. The molecule has 0 bridgehead atoms. The highest BCUT2D eigenvalue weighted by molar-refractivity contribution is 7.09. The van der Waals surface area contributed by atoms with Crippen LogP contribution in [0.4, 0.5) is 0 Å². The molecule has 2 aromatic heterocycles. The van der Waals surface area contributed by atoms with E-state index < -0.39 is 0 Å². The van der Waals surface area contributed by atoms with Crippen molar-refractivity contribution in [2.45, 2.75) is 31.8 Å².